The number of H-pyrrole nitrogens is 1. The Balaban J connectivity index is 2.28. The zero-order valence-electron chi connectivity index (χ0n) is 12.2. The maximum absolute atomic E-state index is 12.1. The predicted molar refractivity (Wildman–Crippen MR) is 81.3 cm³/mol. The number of anilines is 1. The summed E-state index contributed by atoms with van der Waals surface area (Å²) in [4.78, 5) is 17.2. The topological polar surface area (TPSA) is 93.9 Å². The van der Waals surface area contributed by atoms with Crippen molar-refractivity contribution in [3.8, 4) is 0 Å². The van der Waals surface area contributed by atoms with E-state index in [9.17, 15) is 4.79 Å². The lowest BCUT2D eigenvalue weighted by Gasteiger charge is -2.11. The number of nitrogens with zero attached hydrogens (tertiary/aromatic N) is 2. The summed E-state index contributed by atoms with van der Waals surface area (Å²) in [5.41, 5.74) is 6.70. The maximum atomic E-state index is 12.1. The molecule has 0 spiro atoms. The molecule has 0 aliphatic rings. The van der Waals surface area contributed by atoms with E-state index in [0.29, 0.717) is 16.4 Å². The molecule has 0 saturated heterocycles. The van der Waals surface area contributed by atoms with E-state index in [1.807, 2.05) is 6.92 Å². The SMILES string of the molecule is CCc1nc(Sc2ccc(N)cc2C(=O)OC(C)C)n[nH]1. The molecule has 112 valence electrons. The minimum absolute atomic E-state index is 0.188. The van der Waals surface area contributed by atoms with Crippen molar-refractivity contribution >= 4 is 23.4 Å². The average molecular weight is 306 g/mol. The number of nitrogens with two attached hydrogens (primary N) is 1. The summed E-state index contributed by atoms with van der Waals surface area (Å²) in [6.45, 7) is 5.60. The van der Waals surface area contributed by atoms with Gasteiger partial charge in [0.05, 0.1) is 11.7 Å². The van der Waals surface area contributed by atoms with Gasteiger partial charge in [-0.05, 0) is 43.8 Å². The highest BCUT2D eigenvalue weighted by atomic mass is 32.2. The quantitative estimate of drug-likeness (QED) is 0.651. The average Bonchev–Trinajstić information content (AvgIpc) is 2.87. The number of carbonyl (C=O) groups excluding carboxylic acids is 1. The number of nitrogens with one attached hydrogen (secondary N) is 1. The Labute approximate surface area is 127 Å². The van der Waals surface area contributed by atoms with Gasteiger partial charge >= 0.3 is 5.97 Å². The first-order valence-electron chi connectivity index (χ1n) is 6.69. The number of aromatic amines is 1. The van der Waals surface area contributed by atoms with Crippen LogP contribution in [0.1, 0.15) is 37.0 Å². The summed E-state index contributed by atoms with van der Waals surface area (Å²) in [5, 5.41) is 7.52. The van der Waals surface area contributed by atoms with Crippen LogP contribution in [0.3, 0.4) is 0 Å². The van der Waals surface area contributed by atoms with E-state index < -0.39 is 5.97 Å². The number of aromatic nitrogens is 3. The third kappa shape index (κ3) is 3.98. The molecule has 7 heteroatoms. The van der Waals surface area contributed by atoms with Crippen LogP contribution in [0, 0.1) is 0 Å². The van der Waals surface area contributed by atoms with Crippen molar-refractivity contribution in [2.45, 2.75) is 43.3 Å². The highest BCUT2D eigenvalue weighted by molar-refractivity contribution is 7.99. The van der Waals surface area contributed by atoms with Gasteiger partial charge in [0.1, 0.15) is 5.82 Å². The van der Waals surface area contributed by atoms with Crippen LogP contribution < -0.4 is 5.73 Å². The van der Waals surface area contributed by atoms with Gasteiger partial charge in [-0.15, -0.1) is 5.10 Å². The molecule has 0 fully saturated rings. The Morgan fingerprint density at radius 2 is 2.24 bits per heavy atom. The van der Waals surface area contributed by atoms with E-state index in [4.69, 9.17) is 10.5 Å². The van der Waals surface area contributed by atoms with E-state index in [-0.39, 0.29) is 6.10 Å². The van der Waals surface area contributed by atoms with Gasteiger partial charge < -0.3 is 10.5 Å². The van der Waals surface area contributed by atoms with E-state index in [1.165, 1.54) is 11.8 Å². The van der Waals surface area contributed by atoms with Gasteiger partial charge in [-0.25, -0.2) is 9.78 Å². The van der Waals surface area contributed by atoms with Crippen molar-refractivity contribution in [2.75, 3.05) is 5.73 Å². The van der Waals surface area contributed by atoms with Gasteiger partial charge in [0.15, 0.2) is 0 Å². The van der Waals surface area contributed by atoms with Crippen molar-refractivity contribution in [3.63, 3.8) is 0 Å². The van der Waals surface area contributed by atoms with Gasteiger partial charge in [0.25, 0.3) is 0 Å². The number of rotatable bonds is 5. The number of carbonyl (C=O) groups is 1. The number of hydrogen-bond donors (Lipinski definition) is 2. The molecule has 0 aliphatic heterocycles. The van der Waals surface area contributed by atoms with Crippen LogP contribution in [0.2, 0.25) is 0 Å². The van der Waals surface area contributed by atoms with Gasteiger partial charge in [0, 0.05) is 17.0 Å². The molecule has 0 aliphatic carbocycles. The van der Waals surface area contributed by atoms with Crippen LogP contribution in [0.4, 0.5) is 5.69 Å². The minimum atomic E-state index is -0.397. The Morgan fingerprint density at radius 3 is 2.86 bits per heavy atom. The molecule has 2 aromatic rings. The van der Waals surface area contributed by atoms with E-state index in [1.54, 1.807) is 32.0 Å². The number of nitrogen functional groups attached to an aromatic ring is 1. The molecule has 0 saturated carbocycles. The molecule has 1 aromatic heterocycles. The largest absolute Gasteiger partial charge is 0.459 e. The molecule has 1 heterocycles. The fourth-order valence-electron chi connectivity index (χ4n) is 1.65. The van der Waals surface area contributed by atoms with Crippen molar-refractivity contribution in [2.24, 2.45) is 0 Å². The highest BCUT2D eigenvalue weighted by Crippen LogP contribution is 2.30. The summed E-state index contributed by atoms with van der Waals surface area (Å²) in [6, 6.07) is 5.13. The molecule has 2 rings (SSSR count). The molecule has 0 atom stereocenters. The van der Waals surface area contributed by atoms with Gasteiger partial charge in [-0.2, -0.15) is 0 Å². The van der Waals surface area contributed by atoms with Crippen LogP contribution in [-0.2, 0) is 11.2 Å². The van der Waals surface area contributed by atoms with Crippen LogP contribution in [0.15, 0.2) is 28.3 Å². The molecule has 1 aromatic carbocycles. The van der Waals surface area contributed by atoms with Crippen molar-refractivity contribution in [1.29, 1.82) is 0 Å². The summed E-state index contributed by atoms with van der Waals surface area (Å²) in [6.07, 6.45) is 0.587. The fourth-order valence-corrected chi connectivity index (χ4v) is 2.49. The number of hydrogen-bond acceptors (Lipinski definition) is 6. The lowest BCUT2D eigenvalue weighted by atomic mass is 10.2. The molecule has 0 unspecified atom stereocenters. The number of ether oxygens (including phenoxy) is 1. The fraction of sp³-hybridized carbons (Fsp3) is 0.357. The first-order chi connectivity index (χ1) is 9.99. The van der Waals surface area contributed by atoms with Crippen LogP contribution >= 0.6 is 11.8 Å². The smallest absolute Gasteiger partial charge is 0.339 e. The molecule has 6 nitrogen and oxygen atoms in total. The second-order valence-corrected chi connectivity index (χ2v) is 5.74. The Morgan fingerprint density at radius 1 is 1.48 bits per heavy atom. The Hall–Kier alpha value is -2.02. The van der Waals surface area contributed by atoms with Crippen LogP contribution in [0.5, 0.6) is 0 Å². The van der Waals surface area contributed by atoms with Gasteiger partial charge in [0.2, 0.25) is 5.16 Å². The number of aryl methyl sites for hydroxylation is 1. The van der Waals surface area contributed by atoms with Crippen LogP contribution in [0.25, 0.3) is 0 Å². The second-order valence-electron chi connectivity index (χ2n) is 4.73. The number of benzene rings is 1. The number of esters is 1. The van der Waals surface area contributed by atoms with E-state index in [0.717, 1.165) is 17.1 Å². The molecule has 0 amide bonds. The maximum Gasteiger partial charge on any atom is 0.339 e. The molecule has 0 radical (unpaired) electrons. The lowest BCUT2D eigenvalue weighted by Crippen LogP contribution is -2.12. The minimum Gasteiger partial charge on any atom is -0.459 e. The van der Waals surface area contributed by atoms with E-state index >= 15 is 0 Å². The molecule has 0 bridgehead atoms. The third-order valence-electron chi connectivity index (χ3n) is 2.61. The highest BCUT2D eigenvalue weighted by Gasteiger charge is 2.17. The van der Waals surface area contributed by atoms with Gasteiger partial charge in [-0.1, -0.05) is 6.92 Å². The zero-order chi connectivity index (χ0) is 15.4. The zero-order valence-corrected chi connectivity index (χ0v) is 13.0. The van der Waals surface area contributed by atoms with Crippen LogP contribution in [-0.4, -0.2) is 27.3 Å². The summed E-state index contributed by atoms with van der Waals surface area (Å²) in [7, 11) is 0. The lowest BCUT2D eigenvalue weighted by molar-refractivity contribution is 0.0374. The predicted octanol–water partition coefficient (Wildman–Crippen LogP) is 2.67. The Bertz CT molecular complexity index is 640. The molecule has 21 heavy (non-hydrogen) atoms. The molecule has 3 N–H and O–H groups in total. The summed E-state index contributed by atoms with van der Waals surface area (Å²) in [5.74, 6) is 0.408. The summed E-state index contributed by atoms with van der Waals surface area (Å²) >= 11 is 1.30. The van der Waals surface area contributed by atoms with Crippen molar-refractivity contribution in [1.82, 2.24) is 15.2 Å². The van der Waals surface area contributed by atoms with Crippen molar-refractivity contribution in [3.05, 3.63) is 29.6 Å². The van der Waals surface area contributed by atoms with Gasteiger partial charge in [-0.3, -0.25) is 5.10 Å². The Kier molecular flexibility index (Phi) is 4.85. The second kappa shape index (κ2) is 6.62. The summed E-state index contributed by atoms with van der Waals surface area (Å²) < 4.78 is 5.24. The van der Waals surface area contributed by atoms with Crippen molar-refractivity contribution < 1.29 is 9.53 Å². The third-order valence-corrected chi connectivity index (χ3v) is 3.55. The van der Waals surface area contributed by atoms with E-state index in [2.05, 4.69) is 15.2 Å². The first-order valence-corrected chi connectivity index (χ1v) is 7.51. The standard InChI is InChI=1S/C14H18N4O2S/c1-4-12-16-14(18-17-12)21-11-6-5-9(15)7-10(11)13(19)20-8(2)3/h5-8H,4,15H2,1-3H3,(H,16,17,18). The monoisotopic (exact) mass is 306 g/mol. The molecular formula is C14H18N4O2S. The first kappa shape index (κ1) is 15.4. The molecular weight excluding hydrogens is 288 g/mol. The normalized spacial score (nSPS) is 10.9.